The lowest BCUT2D eigenvalue weighted by molar-refractivity contribution is 0.762. The lowest BCUT2D eigenvalue weighted by Gasteiger charge is -2.07. The number of anilines is 1. The number of rotatable bonds is 1. The maximum absolute atomic E-state index is 9.14. The van der Waals surface area contributed by atoms with Crippen molar-refractivity contribution in [1.29, 1.82) is 10.5 Å². The summed E-state index contributed by atoms with van der Waals surface area (Å²) in [4.78, 5) is 4.32. The molecule has 0 spiro atoms. The minimum Gasteiger partial charge on any atom is -0.369 e. The molecule has 0 saturated heterocycles. The van der Waals surface area contributed by atoms with Crippen molar-refractivity contribution in [3.63, 3.8) is 0 Å². The standard InChI is InChI=1S/C14H11N7/c1-8-12-13(20(2)19-8)21(14(17)18-12)11-4-3-9(6-15)10(5-11)7-16/h3-5H,1-2H3,(H2,17,18). The highest BCUT2D eigenvalue weighted by atomic mass is 15.3. The first-order valence-corrected chi connectivity index (χ1v) is 6.19. The fourth-order valence-corrected chi connectivity index (χ4v) is 2.41. The molecule has 7 nitrogen and oxygen atoms in total. The number of hydrogen-bond acceptors (Lipinski definition) is 5. The SMILES string of the molecule is Cc1nn(C)c2c1nc(N)n2-c1ccc(C#N)c(C#N)c1. The molecule has 0 aliphatic carbocycles. The van der Waals surface area contributed by atoms with Crippen LogP contribution in [0.15, 0.2) is 18.2 Å². The normalized spacial score (nSPS) is 10.5. The Morgan fingerprint density at radius 2 is 1.90 bits per heavy atom. The molecule has 0 saturated carbocycles. The van der Waals surface area contributed by atoms with Crippen molar-refractivity contribution in [2.75, 3.05) is 5.73 Å². The zero-order chi connectivity index (χ0) is 15.1. The molecule has 2 heterocycles. The molecule has 3 rings (SSSR count). The van der Waals surface area contributed by atoms with Crippen molar-refractivity contribution < 1.29 is 0 Å². The summed E-state index contributed by atoms with van der Waals surface area (Å²) in [5.74, 6) is 0.315. The Bertz CT molecular complexity index is 946. The zero-order valence-electron chi connectivity index (χ0n) is 11.5. The number of fused-ring (bicyclic) bond motifs is 1. The quantitative estimate of drug-likeness (QED) is 0.722. The van der Waals surface area contributed by atoms with Gasteiger partial charge in [-0.15, -0.1) is 0 Å². The molecule has 0 fully saturated rings. The summed E-state index contributed by atoms with van der Waals surface area (Å²) in [6, 6.07) is 8.97. The smallest absolute Gasteiger partial charge is 0.207 e. The Balaban J connectivity index is 2.34. The van der Waals surface area contributed by atoms with E-state index in [9.17, 15) is 0 Å². The van der Waals surface area contributed by atoms with E-state index in [1.54, 1.807) is 27.4 Å². The monoisotopic (exact) mass is 277 g/mol. The van der Waals surface area contributed by atoms with Gasteiger partial charge in [0.05, 0.1) is 22.5 Å². The fraction of sp³-hybridized carbons (Fsp3) is 0.143. The van der Waals surface area contributed by atoms with Gasteiger partial charge in [-0.2, -0.15) is 15.6 Å². The topological polar surface area (TPSA) is 109 Å². The molecule has 1 aromatic carbocycles. The average Bonchev–Trinajstić information content (AvgIpc) is 2.96. The van der Waals surface area contributed by atoms with E-state index in [0.717, 1.165) is 16.9 Å². The zero-order valence-corrected chi connectivity index (χ0v) is 11.5. The lowest BCUT2D eigenvalue weighted by atomic mass is 10.1. The summed E-state index contributed by atoms with van der Waals surface area (Å²) in [7, 11) is 1.81. The van der Waals surface area contributed by atoms with Crippen LogP contribution in [0.1, 0.15) is 16.8 Å². The van der Waals surface area contributed by atoms with Gasteiger partial charge >= 0.3 is 0 Å². The summed E-state index contributed by atoms with van der Waals surface area (Å²) in [5.41, 5.74) is 9.55. The van der Waals surface area contributed by atoms with Crippen molar-refractivity contribution in [3.05, 3.63) is 35.0 Å². The van der Waals surface area contributed by atoms with Crippen molar-refractivity contribution in [3.8, 4) is 17.8 Å². The van der Waals surface area contributed by atoms with Crippen LogP contribution in [0.3, 0.4) is 0 Å². The molecule has 3 aromatic rings. The molecule has 0 aliphatic rings. The molecule has 0 radical (unpaired) electrons. The Hall–Kier alpha value is -3.32. The summed E-state index contributed by atoms with van der Waals surface area (Å²) in [6.45, 7) is 1.86. The van der Waals surface area contributed by atoms with Crippen LogP contribution in [0.25, 0.3) is 16.9 Å². The molecule has 0 unspecified atom stereocenters. The maximum Gasteiger partial charge on any atom is 0.207 e. The van der Waals surface area contributed by atoms with Crippen molar-refractivity contribution in [2.24, 2.45) is 7.05 Å². The second kappa shape index (κ2) is 4.36. The van der Waals surface area contributed by atoms with Crippen LogP contribution in [0.2, 0.25) is 0 Å². The Kier molecular flexibility index (Phi) is 2.64. The van der Waals surface area contributed by atoms with E-state index in [1.165, 1.54) is 0 Å². The highest BCUT2D eigenvalue weighted by Crippen LogP contribution is 2.25. The molecule has 2 N–H and O–H groups in total. The number of imidazole rings is 1. The van der Waals surface area contributed by atoms with E-state index in [-0.39, 0.29) is 0 Å². The Morgan fingerprint density at radius 3 is 2.57 bits per heavy atom. The number of nitrogens with two attached hydrogens (primary N) is 1. The third kappa shape index (κ3) is 1.72. The predicted molar refractivity (Wildman–Crippen MR) is 76.4 cm³/mol. The van der Waals surface area contributed by atoms with Gasteiger partial charge in [0.15, 0.2) is 5.65 Å². The van der Waals surface area contributed by atoms with E-state index in [4.69, 9.17) is 16.3 Å². The number of aromatic nitrogens is 4. The number of nitrogen functional groups attached to an aromatic ring is 1. The van der Waals surface area contributed by atoms with Gasteiger partial charge in [-0.3, -0.25) is 4.57 Å². The first-order chi connectivity index (χ1) is 10.1. The van der Waals surface area contributed by atoms with Gasteiger partial charge in [-0.05, 0) is 25.1 Å². The summed E-state index contributed by atoms with van der Waals surface area (Å²) < 4.78 is 3.41. The van der Waals surface area contributed by atoms with E-state index in [0.29, 0.717) is 22.8 Å². The highest BCUT2D eigenvalue weighted by molar-refractivity contribution is 5.80. The first-order valence-electron chi connectivity index (χ1n) is 6.19. The lowest BCUT2D eigenvalue weighted by Crippen LogP contribution is -2.05. The van der Waals surface area contributed by atoms with Crippen LogP contribution in [0.5, 0.6) is 0 Å². The van der Waals surface area contributed by atoms with E-state index < -0.39 is 0 Å². The van der Waals surface area contributed by atoms with Gasteiger partial charge in [0.2, 0.25) is 5.95 Å². The maximum atomic E-state index is 9.14. The van der Waals surface area contributed by atoms with E-state index in [1.807, 2.05) is 26.1 Å². The third-order valence-corrected chi connectivity index (χ3v) is 3.33. The molecule has 0 bridgehead atoms. The number of nitriles is 2. The minimum absolute atomic E-state index is 0.301. The second-order valence-electron chi connectivity index (χ2n) is 4.64. The van der Waals surface area contributed by atoms with Gasteiger partial charge in [0, 0.05) is 7.05 Å². The largest absolute Gasteiger partial charge is 0.369 e. The van der Waals surface area contributed by atoms with Crippen LogP contribution in [0, 0.1) is 29.6 Å². The number of benzene rings is 1. The van der Waals surface area contributed by atoms with Crippen LogP contribution < -0.4 is 5.73 Å². The van der Waals surface area contributed by atoms with Crippen LogP contribution in [-0.2, 0) is 7.05 Å². The van der Waals surface area contributed by atoms with Crippen LogP contribution in [0.4, 0.5) is 5.95 Å². The highest BCUT2D eigenvalue weighted by Gasteiger charge is 2.17. The predicted octanol–water partition coefficient (Wildman–Crippen LogP) is 1.39. The molecule has 21 heavy (non-hydrogen) atoms. The number of aryl methyl sites for hydroxylation is 2. The summed E-state index contributed by atoms with van der Waals surface area (Å²) in [6.07, 6.45) is 0. The third-order valence-electron chi connectivity index (χ3n) is 3.33. The van der Waals surface area contributed by atoms with Gasteiger partial charge in [-0.25, -0.2) is 9.67 Å². The Morgan fingerprint density at radius 1 is 1.19 bits per heavy atom. The molecule has 0 aliphatic heterocycles. The second-order valence-corrected chi connectivity index (χ2v) is 4.64. The van der Waals surface area contributed by atoms with Crippen LogP contribution >= 0.6 is 0 Å². The number of hydrogen-bond donors (Lipinski definition) is 1. The molecule has 0 amide bonds. The van der Waals surface area contributed by atoms with Gasteiger partial charge in [0.25, 0.3) is 0 Å². The summed E-state index contributed by atoms with van der Waals surface area (Å²) >= 11 is 0. The van der Waals surface area contributed by atoms with E-state index >= 15 is 0 Å². The Labute approximate surface area is 120 Å². The minimum atomic E-state index is 0.301. The van der Waals surface area contributed by atoms with Crippen molar-refractivity contribution in [1.82, 2.24) is 19.3 Å². The molecular weight excluding hydrogens is 266 g/mol. The van der Waals surface area contributed by atoms with Gasteiger partial charge in [0.1, 0.15) is 17.7 Å². The first kappa shape index (κ1) is 12.7. The van der Waals surface area contributed by atoms with Gasteiger partial charge < -0.3 is 5.73 Å². The molecular formula is C14H11N7. The summed E-state index contributed by atoms with van der Waals surface area (Å²) in [5, 5.41) is 22.4. The average molecular weight is 277 g/mol. The fourth-order valence-electron chi connectivity index (χ4n) is 2.41. The number of nitrogens with zero attached hydrogens (tertiary/aromatic N) is 6. The van der Waals surface area contributed by atoms with Crippen molar-refractivity contribution in [2.45, 2.75) is 6.92 Å². The van der Waals surface area contributed by atoms with E-state index in [2.05, 4.69) is 10.1 Å². The molecule has 7 heteroatoms. The van der Waals surface area contributed by atoms with Crippen LogP contribution in [-0.4, -0.2) is 19.3 Å². The van der Waals surface area contributed by atoms with Gasteiger partial charge in [-0.1, -0.05) is 0 Å². The molecule has 2 aromatic heterocycles. The molecule has 102 valence electrons. The molecule has 0 atom stereocenters. The van der Waals surface area contributed by atoms with Crippen molar-refractivity contribution >= 4 is 17.1 Å².